The van der Waals surface area contributed by atoms with Crippen LogP contribution < -0.4 is 5.32 Å². The van der Waals surface area contributed by atoms with Gasteiger partial charge in [-0.1, -0.05) is 32.8 Å². The molecule has 0 atom stereocenters. The molecule has 0 aromatic heterocycles. The molecule has 0 amide bonds. The molecule has 0 rings (SSSR count). The van der Waals surface area contributed by atoms with Gasteiger partial charge in [-0.15, -0.1) is 0 Å². The lowest BCUT2D eigenvalue weighted by molar-refractivity contribution is 0.484. The molecular weight excluding hydrogens is 158 g/mol. The van der Waals surface area contributed by atoms with Gasteiger partial charge in [0.2, 0.25) is 0 Å². The molecule has 0 aliphatic carbocycles. The topological polar surface area (TPSA) is 12.0 Å². The third kappa shape index (κ3) is 6.68. The molecule has 0 heterocycles. The van der Waals surface area contributed by atoms with E-state index in [9.17, 15) is 0 Å². The van der Waals surface area contributed by atoms with Gasteiger partial charge < -0.3 is 5.32 Å². The van der Waals surface area contributed by atoms with Crippen LogP contribution in [0.15, 0.2) is 11.8 Å². The van der Waals surface area contributed by atoms with Crippen molar-refractivity contribution in [2.75, 3.05) is 0 Å². The molecule has 0 spiro atoms. The van der Waals surface area contributed by atoms with E-state index in [0.717, 1.165) is 0 Å². The smallest absolute Gasteiger partial charge is 0.0283 e. The third-order valence-electron chi connectivity index (χ3n) is 1.97. The van der Waals surface area contributed by atoms with Crippen molar-refractivity contribution in [3.05, 3.63) is 11.8 Å². The van der Waals surface area contributed by atoms with Crippen LogP contribution in [0.25, 0.3) is 0 Å². The summed E-state index contributed by atoms with van der Waals surface area (Å²) in [5.74, 6) is 0.662. The quantitative estimate of drug-likeness (QED) is 0.700. The second-order valence-corrected chi connectivity index (χ2v) is 5.02. The second-order valence-electron chi connectivity index (χ2n) is 5.02. The highest BCUT2D eigenvalue weighted by molar-refractivity contribution is 5.04. The first-order valence-electron chi connectivity index (χ1n) is 5.33. The van der Waals surface area contributed by atoms with Crippen molar-refractivity contribution in [3.8, 4) is 0 Å². The van der Waals surface area contributed by atoms with Crippen LogP contribution in [0.4, 0.5) is 0 Å². The molecule has 0 aliphatic rings. The normalized spacial score (nSPS) is 13.6. The van der Waals surface area contributed by atoms with Gasteiger partial charge >= 0.3 is 0 Å². The Morgan fingerprint density at radius 2 is 1.85 bits per heavy atom. The van der Waals surface area contributed by atoms with E-state index in [1.165, 1.54) is 18.4 Å². The largest absolute Gasteiger partial charge is 0.386 e. The maximum atomic E-state index is 3.43. The summed E-state index contributed by atoms with van der Waals surface area (Å²) in [4.78, 5) is 0. The Morgan fingerprint density at radius 3 is 2.15 bits per heavy atom. The van der Waals surface area contributed by atoms with E-state index in [1.54, 1.807) is 0 Å². The number of hydrogen-bond acceptors (Lipinski definition) is 1. The molecule has 0 fully saturated rings. The fraction of sp³-hybridized carbons (Fsp3) is 0.833. The van der Waals surface area contributed by atoms with Crippen LogP contribution in [0, 0.1) is 5.92 Å². The van der Waals surface area contributed by atoms with Gasteiger partial charge in [-0.3, -0.25) is 0 Å². The van der Waals surface area contributed by atoms with Crippen LogP contribution in [-0.2, 0) is 0 Å². The molecule has 0 radical (unpaired) electrons. The Morgan fingerprint density at radius 1 is 1.31 bits per heavy atom. The molecule has 0 aromatic carbocycles. The molecule has 0 aromatic rings. The van der Waals surface area contributed by atoms with Crippen molar-refractivity contribution in [2.45, 2.75) is 59.9 Å². The van der Waals surface area contributed by atoms with Crippen LogP contribution in [0.3, 0.4) is 0 Å². The minimum absolute atomic E-state index is 0.188. The van der Waals surface area contributed by atoms with E-state index in [0.29, 0.717) is 5.92 Å². The number of hydrogen-bond donors (Lipinski definition) is 1. The highest BCUT2D eigenvalue weighted by Gasteiger charge is 2.07. The molecule has 0 unspecified atom stereocenters. The summed E-state index contributed by atoms with van der Waals surface area (Å²) >= 11 is 0. The predicted molar refractivity (Wildman–Crippen MR) is 60.7 cm³/mol. The van der Waals surface area contributed by atoms with Gasteiger partial charge in [0.25, 0.3) is 0 Å². The molecular formula is C12H25N. The minimum Gasteiger partial charge on any atom is -0.386 e. The van der Waals surface area contributed by atoms with Crippen molar-refractivity contribution in [1.82, 2.24) is 5.32 Å². The molecule has 1 heteroatoms. The van der Waals surface area contributed by atoms with Crippen LogP contribution in [0.1, 0.15) is 54.4 Å². The van der Waals surface area contributed by atoms with Gasteiger partial charge in [-0.05, 0) is 39.3 Å². The second kappa shape index (κ2) is 5.31. The lowest BCUT2D eigenvalue weighted by atomic mass is 9.99. The Kier molecular flexibility index (Phi) is 5.12. The van der Waals surface area contributed by atoms with Crippen molar-refractivity contribution < 1.29 is 0 Å². The number of nitrogens with one attached hydrogen (secondary N) is 1. The maximum Gasteiger partial charge on any atom is 0.0283 e. The van der Waals surface area contributed by atoms with E-state index >= 15 is 0 Å². The fourth-order valence-electron chi connectivity index (χ4n) is 1.13. The van der Waals surface area contributed by atoms with Gasteiger partial charge in [-0.2, -0.15) is 0 Å². The zero-order valence-electron chi connectivity index (χ0n) is 10.1. The first kappa shape index (κ1) is 12.5. The average molecular weight is 183 g/mol. The van der Waals surface area contributed by atoms with Crippen molar-refractivity contribution in [1.29, 1.82) is 0 Å². The van der Waals surface area contributed by atoms with Gasteiger partial charge in [0, 0.05) is 5.54 Å². The third-order valence-corrected chi connectivity index (χ3v) is 1.97. The van der Waals surface area contributed by atoms with Crippen LogP contribution in [0.2, 0.25) is 0 Å². The monoisotopic (exact) mass is 183 g/mol. The van der Waals surface area contributed by atoms with Crippen LogP contribution in [-0.4, -0.2) is 5.54 Å². The predicted octanol–water partition coefficient (Wildman–Crippen LogP) is 3.71. The average Bonchev–Trinajstić information content (AvgIpc) is 1.95. The zero-order chi connectivity index (χ0) is 10.5. The summed E-state index contributed by atoms with van der Waals surface area (Å²) in [6, 6.07) is 0. The molecule has 0 bridgehead atoms. The van der Waals surface area contributed by atoms with Crippen molar-refractivity contribution >= 4 is 0 Å². The van der Waals surface area contributed by atoms with E-state index in [2.05, 4.69) is 53.1 Å². The SMILES string of the molecule is CCC/C(=C\NC(C)(C)C)C(C)C. The molecule has 0 saturated heterocycles. The summed E-state index contributed by atoms with van der Waals surface area (Å²) in [6.45, 7) is 13.3. The Bertz CT molecular complexity index is 160. The van der Waals surface area contributed by atoms with E-state index in [-0.39, 0.29) is 5.54 Å². The van der Waals surface area contributed by atoms with Gasteiger partial charge in [-0.25, -0.2) is 0 Å². The summed E-state index contributed by atoms with van der Waals surface area (Å²) < 4.78 is 0. The molecule has 1 nitrogen and oxygen atoms in total. The highest BCUT2D eigenvalue weighted by atomic mass is 14.9. The summed E-state index contributed by atoms with van der Waals surface area (Å²) in [5, 5.41) is 3.43. The van der Waals surface area contributed by atoms with Crippen LogP contribution in [0.5, 0.6) is 0 Å². The van der Waals surface area contributed by atoms with Gasteiger partial charge in [0.05, 0.1) is 0 Å². The Hall–Kier alpha value is -0.460. The van der Waals surface area contributed by atoms with E-state index in [4.69, 9.17) is 0 Å². The maximum absolute atomic E-state index is 3.43. The Labute approximate surface area is 83.6 Å². The van der Waals surface area contributed by atoms with Gasteiger partial charge in [0.1, 0.15) is 0 Å². The number of allylic oxidation sites excluding steroid dienone is 1. The Balaban J connectivity index is 4.20. The zero-order valence-corrected chi connectivity index (χ0v) is 10.1. The fourth-order valence-corrected chi connectivity index (χ4v) is 1.13. The lowest BCUT2D eigenvalue weighted by Gasteiger charge is -2.21. The molecule has 0 saturated carbocycles. The molecule has 13 heavy (non-hydrogen) atoms. The standard InChI is InChI=1S/C12H25N/c1-7-8-11(10(2)3)9-13-12(4,5)6/h9-10,13H,7-8H2,1-6H3/b11-9+. The first-order valence-corrected chi connectivity index (χ1v) is 5.33. The lowest BCUT2D eigenvalue weighted by Crippen LogP contribution is -2.31. The van der Waals surface area contributed by atoms with Crippen molar-refractivity contribution in [2.24, 2.45) is 5.92 Å². The summed E-state index contributed by atoms with van der Waals surface area (Å²) in [7, 11) is 0. The molecule has 1 N–H and O–H groups in total. The minimum atomic E-state index is 0.188. The molecule has 78 valence electrons. The van der Waals surface area contributed by atoms with E-state index < -0.39 is 0 Å². The van der Waals surface area contributed by atoms with E-state index in [1.807, 2.05) is 0 Å². The van der Waals surface area contributed by atoms with Crippen molar-refractivity contribution in [3.63, 3.8) is 0 Å². The van der Waals surface area contributed by atoms with Gasteiger partial charge in [0.15, 0.2) is 0 Å². The number of rotatable bonds is 4. The molecule has 0 aliphatic heterocycles. The summed E-state index contributed by atoms with van der Waals surface area (Å²) in [6.07, 6.45) is 4.64. The first-order chi connectivity index (χ1) is 5.87. The van der Waals surface area contributed by atoms with Crippen LogP contribution >= 0.6 is 0 Å². The summed E-state index contributed by atoms with van der Waals surface area (Å²) in [5.41, 5.74) is 1.71. The highest BCUT2D eigenvalue weighted by Crippen LogP contribution is 2.15.